The van der Waals surface area contributed by atoms with Crippen LogP contribution in [0, 0.1) is 5.92 Å². The molecule has 0 aliphatic carbocycles. The molecule has 0 amide bonds. The summed E-state index contributed by atoms with van der Waals surface area (Å²) < 4.78 is 1.15. The molecule has 0 aromatic carbocycles. The highest BCUT2D eigenvalue weighted by Gasteiger charge is 2.36. The Morgan fingerprint density at radius 2 is 1.83 bits per heavy atom. The topological polar surface area (TPSA) is 0 Å². The van der Waals surface area contributed by atoms with Crippen LogP contribution in [0.5, 0.6) is 0 Å². The summed E-state index contributed by atoms with van der Waals surface area (Å²) >= 11 is 11.8. The van der Waals surface area contributed by atoms with Crippen LogP contribution in [0.15, 0.2) is 10.5 Å². The minimum absolute atomic E-state index is 0.0781. The summed E-state index contributed by atoms with van der Waals surface area (Å²) in [7, 11) is 0. The third-order valence-corrected chi connectivity index (χ3v) is 5.12. The number of halogens is 2. The molecule has 0 heterocycles. The molecule has 0 aliphatic heterocycles. The zero-order chi connectivity index (χ0) is 14.8. The molecule has 0 aromatic rings. The van der Waals surface area contributed by atoms with Crippen LogP contribution in [0.1, 0.15) is 53.9 Å². The van der Waals surface area contributed by atoms with E-state index in [1.807, 2.05) is 12.5 Å². The Morgan fingerprint density at radius 1 is 1.39 bits per heavy atom. The van der Waals surface area contributed by atoms with Crippen molar-refractivity contribution >= 4 is 45.3 Å². The number of unbranched alkanes of at least 4 members (excludes halogenated alkanes) is 2. The third kappa shape index (κ3) is 8.93. The second-order valence-electron chi connectivity index (χ2n) is 5.48. The standard InChI is InChI=1S/C12H23BBrCl.C2H6S/c1-6-7-8-9-11(14)13(15)12(4,5)10(2)3;1-3-2/h9-10H,6-8H2,1-5H3;1-2H3/b11-9-;. The molecule has 0 saturated heterocycles. The molecule has 0 saturated carbocycles. The van der Waals surface area contributed by atoms with Gasteiger partial charge in [0.05, 0.1) is 0 Å². The number of hydrogen-bond acceptors (Lipinski definition) is 1. The second kappa shape index (κ2) is 11.7. The van der Waals surface area contributed by atoms with Crippen LogP contribution in [-0.2, 0) is 0 Å². The normalized spacial score (nSPS) is 12.2. The summed E-state index contributed by atoms with van der Waals surface area (Å²) in [6.07, 6.45) is 9.98. The Bertz CT molecular complexity index is 230. The van der Waals surface area contributed by atoms with E-state index in [-0.39, 0.29) is 11.4 Å². The molecule has 0 aromatic heterocycles. The van der Waals surface area contributed by atoms with Gasteiger partial charge < -0.3 is 0 Å². The van der Waals surface area contributed by atoms with Crippen molar-refractivity contribution in [3.05, 3.63) is 10.5 Å². The molecule has 0 spiro atoms. The quantitative estimate of drug-likeness (QED) is 0.380. The lowest BCUT2D eigenvalue weighted by Gasteiger charge is -2.31. The summed E-state index contributed by atoms with van der Waals surface area (Å²) in [6, 6.07) is 0. The van der Waals surface area contributed by atoms with Gasteiger partial charge in [0.25, 0.3) is 6.13 Å². The smallest absolute Gasteiger partial charge is 0.188 e. The fourth-order valence-electron chi connectivity index (χ4n) is 1.20. The molecule has 4 heteroatoms. The monoisotopic (exact) mass is 354 g/mol. The van der Waals surface area contributed by atoms with Crippen molar-refractivity contribution in [3.8, 4) is 0 Å². The molecule has 0 bridgehead atoms. The maximum Gasteiger partial charge on any atom is 0.295 e. The van der Waals surface area contributed by atoms with Gasteiger partial charge in [-0.2, -0.15) is 23.2 Å². The first-order valence-corrected chi connectivity index (χ1v) is 9.51. The van der Waals surface area contributed by atoms with Gasteiger partial charge in [-0.05, 0) is 34.5 Å². The Labute approximate surface area is 133 Å². The summed E-state index contributed by atoms with van der Waals surface area (Å²) in [6.45, 7) is 11.1. The van der Waals surface area contributed by atoms with E-state index in [2.05, 4.69) is 56.6 Å². The average Bonchev–Trinajstić information content (AvgIpc) is 2.29. The Kier molecular flexibility index (Phi) is 13.8. The van der Waals surface area contributed by atoms with E-state index in [1.54, 1.807) is 11.8 Å². The highest BCUT2D eigenvalue weighted by Crippen LogP contribution is 2.43. The lowest BCUT2D eigenvalue weighted by atomic mass is 9.48. The SMILES string of the molecule is CCCC/C=C(\Br)B(Cl)C(C)(C)C(C)C.CSC. The minimum Gasteiger partial charge on any atom is -0.188 e. The van der Waals surface area contributed by atoms with Crippen molar-refractivity contribution in [1.82, 2.24) is 0 Å². The predicted molar refractivity (Wildman–Crippen MR) is 96.5 cm³/mol. The van der Waals surface area contributed by atoms with Crippen LogP contribution in [0.2, 0.25) is 5.31 Å². The number of allylic oxidation sites excluding steroid dienone is 1. The largest absolute Gasteiger partial charge is 0.295 e. The molecule has 0 rings (SSSR count). The number of thioether (sulfide) groups is 1. The van der Waals surface area contributed by atoms with Crippen molar-refractivity contribution in [2.45, 2.75) is 59.2 Å². The second-order valence-corrected chi connectivity index (χ2v) is 7.65. The van der Waals surface area contributed by atoms with E-state index in [0.717, 1.165) is 10.8 Å². The van der Waals surface area contributed by atoms with Crippen LogP contribution >= 0.6 is 39.2 Å². The summed E-state index contributed by atoms with van der Waals surface area (Å²) in [5.74, 6) is 0.576. The molecular formula is C14H29BBrClS. The summed E-state index contributed by atoms with van der Waals surface area (Å²) in [5, 5.41) is 0.128. The summed E-state index contributed by atoms with van der Waals surface area (Å²) in [5.41, 5.74) is 0. The van der Waals surface area contributed by atoms with Crippen molar-refractivity contribution in [2.24, 2.45) is 5.92 Å². The van der Waals surface area contributed by atoms with Gasteiger partial charge in [-0.3, -0.25) is 0 Å². The molecule has 0 aliphatic rings. The fourth-order valence-corrected chi connectivity index (χ4v) is 2.36. The van der Waals surface area contributed by atoms with Crippen molar-refractivity contribution < 1.29 is 0 Å². The zero-order valence-electron chi connectivity index (χ0n) is 13.0. The van der Waals surface area contributed by atoms with E-state index < -0.39 is 0 Å². The first-order valence-electron chi connectivity index (χ1n) is 6.65. The van der Waals surface area contributed by atoms with Gasteiger partial charge in [-0.25, -0.2) is 0 Å². The molecule has 0 N–H and O–H groups in total. The van der Waals surface area contributed by atoms with Gasteiger partial charge >= 0.3 is 0 Å². The molecule has 0 fully saturated rings. The summed E-state index contributed by atoms with van der Waals surface area (Å²) in [4.78, 5) is 0. The Morgan fingerprint density at radius 3 is 2.17 bits per heavy atom. The highest BCUT2D eigenvalue weighted by atomic mass is 79.9. The van der Waals surface area contributed by atoms with Gasteiger partial charge in [-0.1, -0.05) is 69.5 Å². The van der Waals surface area contributed by atoms with Gasteiger partial charge in [0, 0.05) is 0 Å². The molecular weight excluding hydrogens is 326 g/mol. The average molecular weight is 356 g/mol. The number of rotatable bonds is 6. The molecule has 18 heavy (non-hydrogen) atoms. The molecule has 0 atom stereocenters. The third-order valence-electron chi connectivity index (χ3n) is 3.28. The van der Waals surface area contributed by atoms with Crippen LogP contribution in [-0.4, -0.2) is 18.6 Å². The highest BCUT2D eigenvalue weighted by molar-refractivity contribution is 9.12. The van der Waals surface area contributed by atoms with E-state index >= 15 is 0 Å². The molecule has 0 nitrogen and oxygen atoms in total. The number of hydrogen-bond donors (Lipinski definition) is 0. The van der Waals surface area contributed by atoms with Gasteiger partial charge in [0.2, 0.25) is 0 Å². The van der Waals surface area contributed by atoms with Crippen molar-refractivity contribution in [1.29, 1.82) is 0 Å². The molecule has 0 radical (unpaired) electrons. The Balaban J connectivity index is 0. The van der Waals surface area contributed by atoms with E-state index in [4.69, 9.17) is 11.5 Å². The van der Waals surface area contributed by atoms with E-state index in [0.29, 0.717) is 5.92 Å². The van der Waals surface area contributed by atoms with Crippen LogP contribution in [0.4, 0.5) is 0 Å². The van der Waals surface area contributed by atoms with E-state index in [9.17, 15) is 0 Å². The zero-order valence-corrected chi connectivity index (χ0v) is 16.2. The first-order chi connectivity index (χ1) is 8.25. The fraction of sp³-hybridized carbons (Fsp3) is 0.857. The predicted octanol–water partition coefficient (Wildman–Crippen LogP) is 6.64. The minimum atomic E-state index is 0.0781. The van der Waals surface area contributed by atoms with Crippen LogP contribution in [0.25, 0.3) is 0 Å². The van der Waals surface area contributed by atoms with E-state index in [1.165, 1.54) is 12.8 Å². The van der Waals surface area contributed by atoms with Gasteiger partial charge in [0.15, 0.2) is 0 Å². The maximum absolute atomic E-state index is 6.48. The molecule has 108 valence electrons. The van der Waals surface area contributed by atoms with Gasteiger partial charge in [-0.15, -0.1) is 0 Å². The maximum atomic E-state index is 6.48. The lowest BCUT2D eigenvalue weighted by molar-refractivity contribution is 0.473. The van der Waals surface area contributed by atoms with Crippen LogP contribution in [0.3, 0.4) is 0 Å². The Hall–Kier alpha value is 0.925. The van der Waals surface area contributed by atoms with Gasteiger partial charge in [0.1, 0.15) is 0 Å². The van der Waals surface area contributed by atoms with Crippen molar-refractivity contribution in [3.63, 3.8) is 0 Å². The first kappa shape index (κ1) is 21.2. The molecule has 0 unspecified atom stereocenters. The lowest BCUT2D eigenvalue weighted by Crippen LogP contribution is -2.28. The van der Waals surface area contributed by atoms with Crippen molar-refractivity contribution in [2.75, 3.05) is 12.5 Å². The van der Waals surface area contributed by atoms with Crippen LogP contribution < -0.4 is 0 Å².